The van der Waals surface area contributed by atoms with Crippen LogP contribution < -0.4 is 5.32 Å². The van der Waals surface area contributed by atoms with E-state index < -0.39 is 12.6 Å². The highest BCUT2D eigenvalue weighted by molar-refractivity contribution is 5.21. The molecule has 0 fully saturated rings. The Labute approximate surface area is 119 Å². The summed E-state index contributed by atoms with van der Waals surface area (Å²) in [5.41, 5.74) is 1.20. The second kappa shape index (κ2) is 8.30. The number of nitrogens with one attached hydrogen (secondary N) is 1. The Hall–Kier alpha value is -1.03. The van der Waals surface area contributed by atoms with Gasteiger partial charge in [-0.25, -0.2) is 0 Å². The number of hydrogen-bond acceptors (Lipinski definition) is 1. The van der Waals surface area contributed by atoms with Crippen LogP contribution in [-0.2, 0) is 0 Å². The molecule has 0 aliphatic carbocycles. The van der Waals surface area contributed by atoms with E-state index in [1.807, 2.05) is 25.1 Å². The van der Waals surface area contributed by atoms with E-state index >= 15 is 0 Å². The van der Waals surface area contributed by atoms with Crippen LogP contribution in [0.3, 0.4) is 0 Å². The van der Waals surface area contributed by atoms with Crippen LogP contribution in [0, 0.1) is 0 Å². The van der Waals surface area contributed by atoms with Crippen LogP contribution in [0.1, 0.15) is 51.0 Å². The van der Waals surface area contributed by atoms with E-state index in [0.29, 0.717) is 6.42 Å². The SMILES string of the molecule is CCNC(CCCC(F)(F)F)C(CC)c1ccccc1. The molecule has 1 rings (SSSR count). The maximum atomic E-state index is 12.3. The Balaban J connectivity index is 2.67. The van der Waals surface area contributed by atoms with Crippen molar-refractivity contribution >= 4 is 0 Å². The van der Waals surface area contributed by atoms with E-state index in [0.717, 1.165) is 13.0 Å². The van der Waals surface area contributed by atoms with E-state index in [-0.39, 0.29) is 18.4 Å². The van der Waals surface area contributed by atoms with Crippen LogP contribution in [0.15, 0.2) is 30.3 Å². The van der Waals surface area contributed by atoms with Gasteiger partial charge in [-0.3, -0.25) is 0 Å². The van der Waals surface area contributed by atoms with Crippen LogP contribution in [0.5, 0.6) is 0 Å². The van der Waals surface area contributed by atoms with Crippen molar-refractivity contribution in [2.75, 3.05) is 6.54 Å². The van der Waals surface area contributed by atoms with Crippen LogP contribution in [0.25, 0.3) is 0 Å². The summed E-state index contributed by atoms with van der Waals surface area (Å²) in [6, 6.07) is 10.1. The van der Waals surface area contributed by atoms with Crippen LogP contribution in [0.2, 0.25) is 0 Å². The summed E-state index contributed by atoms with van der Waals surface area (Å²) in [7, 11) is 0. The molecule has 0 saturated carbocycles. The van der Waals surface area contributed by atoms with Crippen LogP contribution in [-0.4, -0.2) is 18.8 Å². The van der Waals surface area contributed by atoms with Crippen LogP contribution in [0.4, 0.5) is 13.2 Å². The number of benzene rings is 1. The van der Waals surface area contributed by atoms with Gasteiger partial charge in [-0.05, 0) is 37.3 Å². The Bertz CT molecular complexity index is 362. The third-order valence-corrected chi connectivity index (χ3v) is 3.59. The number of alkyl halides is 3. The Kier molecular flexibility index (Phi) is 7.06. The molecule has 4 heteroatoms. The summed E-state index contributed by atoms with van der Waals surface area (Å²) in [4.78, 5) is 0. The number of likely N-dealkylation sites (N-methyl/N-ethyl adjacent to an activating group) is 1. The molecule has 20 heavy (non-hydrogen) atoms. The fraction of sp³-hybridized carbons (Fsp3) is 0.625. The van der Waals surface area contributed by atoms with E-state index in [1.165, 1.54) is 5.56 Å². The molecule has 0 heterocycles. The van der Waals surface area contributed by atoms with Gasteiger partial charge in [0.25, 0.3) is 0 Å². The molecule has 0 saturated heterocycles. The van der Waals surface area contributed by atoms with Gasteiger partial charge in [0, 0.05) is 12.5 Å². The van der Waals surface area contributed by atoms with Crippen molar-refractivity contribution in [1.29, 1.82) is 0 Å². The smallest absolute Gasteiger partial charge is 0.314 e. The second-order valence-electron chi connectivity index (χ2n) is 5.10. The minimum Gasteiger partial charge on any atom is -0.314 e. The average molecular weight is 287 g/mol. The second-order valence-corrected chi connectivity index (χ2v) is 5.10. The molecule has 0 spiro atoms. The molecule has 0 radical (unpaired) electrons. The lowest BCUT2D eigenvalue weighted by Crippen LogP contribution is -2.35. The van der Waals surface area contributed by atoms with E-state index in [1.54, 1.807) is 0 Å². The fourth-order valence-electron chi connectivity index (χ4n) is 2.68. The molecule has 0 aliphatic rings. The number of rotatable bonds is 8. The fourth-order valence-corrected chi connectivity index (χ4v) is 2.68. The molecule has 0 bridgehead atoms. The zero-order chi connectivity index (χ0) is 15.0. The summed E-state index contributed by atoms with van der Waals surface area (Å²) in [6.45, 7) is 4.86. The third kappa shape index (κ3) is 5.95. The first-order valence-corrected chi connectivity index (χ1v) is 7.33. The van der Waals surface area contributed by atoms with Gasteiger partial charge in [-0.2, -0.15) is 13.2 Å². The summed E-state index contributed by atoms with van der Waals surface area (Å²) >= 11 is 0. The Morgan fingerprint density at radius 3 is 2.25 bits per heavy atom. The largest absolute Gasteiger partial charge is 0.389 e. The molecule has 1 nitrogen and oxygen atoms in total. The van der Waals surface area contributed by atoms with Gasteiger partial charge in [0.1, 0.15) is 0 Å². The topological polar surface area (TPSA) is 12.0 Å². The first kappa shape index (κ1) is 17.0. The third-order valence-electron chi connectivity index (χ3n) is 3.59. The lowest BCUT2D eigenvalue weighted by Gasteiger charge is -2.28. The highest BCUT2D eigenvalue weighted by atomic mass is 19.4. The van der Waals surface area contributed by atoms with Gasteiger partial charge in [-0.15, -0.1) is 0 Å². The molecule has 0 amide bonds. The summed E-state index contributed by atoms with van der Waals surface area (Å²) < 4.78 is 36.8. The van der Waals surface area contributed by atoms with E-state index in [4.69, 9.17) is 0 Å². The quantitative estimate of drug-likeness (QED) is 0.717. The average Bonchev–Trinajstić information content (AvgIpc) is 2.39. The first-order chi connectivity index (χ1) is 9.48. The van der Waals surface area contributed by atoms with Gasteiger partial charge in [-0.1, -0.05) is 44.2 Å². The molecule has 2 unspecified atom stereocenters. The standard InChI is InChI=1S/C16H24F3N/c1-3-14(13-9-6-5-7-10-13)15(20-4-2)11-8-12-16(17,18)19/h5-7,9-10,14-15,20H,3-4,8,11-12H2,1-2H3. The van der Waals surface area contributed by atoms with Crippen molar-refractivity contribution in [3.8, 4) is 0 Å². The van der Waals surface area contributed by atoms with Crippen LogP contribution >= 0.6 is 0 Å². The van der Waals surface area contributed by atoms with Gasteiger partial charge in [0.15, 0.2) is 0 Å². The molecule has 0 aromatic heterocycles. The van der Waals surface area contributed by atoms with Crippen molar-refractivity contribution in [2.45, 2.75) is 57.7 Å². The van der Waals surface area contributed by atoms with E-state index in [9.17, 15) is 13.2 Å². The first-order valence-electron chi connectivity index (χ1n) is 7.33. The Morgan fingerprint density at radius 2 is 1.75 bits per heavy atom. The summed E-state index contributed by atoms with van der Waals surface area (Å²) in [6.07, 6.45) is -3.08. The predicted octanol–water partition coefficient (Wildman–Crippen LogP) is 4.89. The van der Waals surface area contributed by atoms with Gasteiger partial charge >= 0.3 is 6.18 Å². The number of hydrogen-bond donors (Lipinski definition) is 1. The van der Waals surface area contributed by atoms with Crippen molar-refractivity contribution in [3.05, 3.63) is 35.9 Å². The van der Waals surface area contributed by atoms with Crippen molar-refractivity contribution < 1.29 is 13.2 Å². The summed E-state index contributed by atoms with van der Waals surface area (Å²) in [5.74, 6) is 0.268. The predicted molar refractivity (Wildman–Crippen MR) is 76.8 cm³/mol. The minimum absolute atomic E-state index is 0.106. The van der Waals surface area contributed by atoms with Gasteiger partial charge in [0.2, 0.25) is 0 Å². The molecule has 0 aliphatic heterocycles. The maximum Gasteiger partial charge on any atom is 0.389 e. The van der Waals surface area contributed by atoms with Gasteiger partial charge < -0.3 is 5.32 Å². The summed E-state index contributed by atoms with van der Waals surface area (Å²) in [5, 5.41) is 3.35. The van der Waals surface area contributed by atoms with E-state index in [2.05, 4.69) is 24.4 Å². The lowest BCUT2D eigenvalue weighted by molar-refractivity contribution is -0.135. The molecule has 1 aromatic carbocycles. The zero-order valence-electron chi connectivity index (χ0n) is 12.2. The molecular formula is C16H24F3N. The molecule has 114 valence electrons. The van der Waals surface area contributed by atoms with Crippen molar-refractivity contribution in [2.24, 2.45) is 0 Å². The monoisotopic (exact) mass is 287 g/mol. The zero-order valence-corrected chi connectivity index (χ0v) is 12.2. The molecule has 1 N–H and O–H groups in total. The lowest BCUT2D eigenvalue weighted by atomic mass is 9.86. The normalized spacial score (nSPS) is 15.1. The minimum atomic E-state index is -4.05. The Morgan fingerprint density at radius 1 is 1.10 bits per heavy atom. The van der Waals surface area contributed by atoms with Gasteiger partial charge in [0.05, 0.1) is 0 Å². The molecule has 1 aromatic rings. The highest BCUT2D eigenvalue weighted by Crippen LogP contribution is 2.28. The molecular weight excluding hydrogens is 263 g/mol. The number of halogens is 3. The van der Waals surface area contributed by atoms with Crippen molar-refractivity contribution in [1.82, 2.24) is 5.32 Å². The van der Waals surface area contributed by atoms with Crippen molar-refractivity contribution in [3.63, 3.8) is 0 Å². The highest BCUT2D eigenvalue weighted by Gasteiger charge is 2.28. The maximum absolute atomic E-state index is 12.3. The molecule has 2 atom stereocenters.